The zero-order chi connectivity index (χ0) is 15.5. The van der Waals surface area contributed by atoms with Crippen LogP contribution in [0.4, 0.5) is 11.4 Å². The lowest BCUT2D eigenvalue weighted by atomic mass is 10.1. The zero-order valence-corrected chi connectivity index (χ0v) is 13.3. The molecule has 1 saturated heterocycles. The number of nitrogens with zero attached hydrogens (tertiary/aromatic N) is 2. The fourth-order valence-corrected chi connectivity index (χ4v) is 3.00. The molecule has 0 aliphatic carbocycles. The summed E-state index contributed by atoms with van der Waals surface area (Å²) in [5.74, 6) is 0. The van der Waals surface area contributed by atoms with Gasteiger partial charge in [-0.15, -0.1) is 0 Å². The molecule has 22 heavy (non-hydrogen) atoms. The van der Waals surface area contributed by atoms with Crippen molar-refractivity contribution in [3.05, 3.63) is 42.5 Å². The largest absolute Gasteiger partial charge is 0.399 e. The highest BCUT2D eigenvalue weighted by atomic mass is 15.1. The van der Waals surface area contributed by atoms with E-state index in [1.165, 1.54) is 23.9 Å². The van der Waals surface area contributed by atoms with E-state index < -0.39 is 0 Å². The van der Waals surface area contributed by atoms with Crippen LogP contribution < -0.4 is 10.6 Å². The molecule has 1 fully saturated rings. The number of anilines is 2. The van der Waals surface area contributed by atoms with E-state index in [9.17, 15) is 0 Å². The van der Waals surface area contributed by atoms with Crippen LogP contribution >= 0.6 is 0 Å². The molecule has 2 aromatic carbocycles. The zero-order valence-electron chi connectivity index (χ0n) is 13.3. The number of aromatic nitrogens is 1. The van der Waals surface area contributed by atoms with Gasteiger partial charge in [-0.25, -0.2) is 4.98 Å². The van der Waals surface area contributed by atoms with Crippen LogP contribution in [-0.4, -0.2) is 18.1 Å². The smallest absolute Gasteiger partial charge is 0.0730 e. The van der Waals surface area contributed by atoms with Gasteiger partial charge in [0, 0.05) is 35.2 Å². The highest BCUT2D eigenvalue weighted by molar-refractivity contribution is 5.95. The molecule has 3 nitrogen and oxygen atoms in total. The Kier molecular flexibility index (Phi) is 4.14. The molecule has 3 heteroatoms. The van der Waals surface area contributed by atoms with Crippen molar-refractivity contribution >= 4 is 33.2 Å². The lowest BCUT2D eigenvalue weighted by Crippen LogP contribution is -2.17. The fourth-order valence-electron chi connectivity index (χ4n) is 3.00. The van der Waals surface area contributed by atoms with Crippen LogP contribution in [0.5, 0.6) is 0 Å². The van der Waals surface area contributed by atoms with Gasteiger partial charge in [0.1, 0.15) is 0 Å². The molecular formula is C19H23N3. The number of hydrogen-bond donors (Lipinski definition) is 1. The summed E-state index contributed by atoms with van der Waals surface area (Å²) in [5.41, 5.74) is 9.91. The SMILES string of the molecule is CC.Nc1ccc2cc3ccc(N4CCCC4)cc3nc2c1. The predicted molar refractivity (Wildman–Crippen MR) is 96.5 cm³/mol. The van der Waals surface area contributed by atoms with Gasteiger partial charge < -0.3 is 10.6 Å². The van der Waals surface area contributed by atoms with E-state index in [4.69, 9.17) is 10.7 Å². The Morgan fingerprint density at radius 2 is 1.50 bits per heavy atom. The van der Waals surface area contributed by atoms with E-state index in [2.05, 4.69) is 29.2 Å². The standard InChI is InChI=1S/C17H17N3.C2H6/c18-14-5-3-12-9-13-4-6-15(20-7-1-2-8-20)11-17(13)19-16(12)10-14;1-2/h3-6,9-11H,1-2,7-8,18H2;1-2H3. The third kappa shape index (κ3) is 2.71. The third-order valence-electron chi connectivity index (χ3n) is 4.09. The molecule has 1 aromatic heterocycles. The normalized spacial score (nSPS) is 14.2. The molecule has 1 aliphatic rings. The minimum absolute atomic E-state index is 0.764. The second kappa shape index (κ2) is 6.22. The van der Waals surface area contributed by atoms with Crippen molar-refractivity contribution in [1.82, 2.24) is 4.98 Å². The Labute approximate surface area is 131 Å². The highest BCUT2D eigenvalue weighted by Crippen LogP contribution is 2.27. The lowest BCUT2D eigenvalue weighted by molar-refractivity contribution is 0.949. The summed E-state index contributed by atoms with van der Waals surface area (Å²) in [6.07, 6.45) is 2.58. The van der Waals surface area contributed by atoms with E-state index in [1.54, 1.807) is 0 Å². The van der Waals surface area contributed by atoms with Crippen molar-refractivity contribution in [3.8, 4) is 0 Å². The number of pyridine rings is 1. The van der Waals surface area contributed by atoms with Gasteiger partial charge in [-0.3, -0.25) is 0 Å². The number of hydrogen-bond acceptors (Lipinski definition) is 3. The monoisotopic (exact) mass is 293 g/mol. The number of fused-ring (bicyclic) bond motifs is 2. The van der Waals surface area contributed by atoms with Crippen LogP contribution in [-0.2, 0) is 0 Å². The van der Waals surface area contributed by atoms with Gasteiger partial charge in [0.15, 0.2) is 0 Å². The Hall–Kier alpha value is -2.29. The van der Waals surface area contributed by atoms with Gasteiger partial charge in [0.2, 0.25) is 0 Å². The lowest BCUT2D eigenvalue weighted by Gasteiger charge is -2.17. The minimum Gasteiger partial charge on any atom is -0.399 e. The van der Waals surface area contributed by atoms with Gasteiger partial charge >= 0.3 is 0 Å². The van der Waals surface area contributed by atoms with E-state index >= 15 is 0 Å². The first-order valence-corrected chi connectivity index (χ1v) is 8.15. The molecule has 0 amide bonds. The molecule has 4 rings (SSSR count). The van der Waals surface area contributed by atoms with Crippen molar-refractivity contribution in [2.75, 3.05) is 23.7 Å². The first-order valence-electron chi connectivity index (χ1n) is 8.15. The van der Waals surface area contributed by atoms with E-state index in [0.717, 1.165) is 35.2 Å². The molecule has 0 atom stereocenters. The van der Waals surface area contributed by atoms with Crippen LogP contribution in [0, 0.1) is 0 Å². The molecule has 2 heterocycles. The molecule has 0 unspecified atom stereocenters. The summed E-state index contributed by atoms with van der Waals surface area (Å²) in [5, 5.41) is 2.32. The van der Waals surface area contributed by atoms with E-state index in [1.807, 2.05) is 32.0 Å². The number of nitrogens with two attached hydrogens (primary N) is 1. The molecule has 114 valence electrons. The average Bonchev–Trinajstić information content (AvgIpc) is 3.09. The third-order valence-corrected chi connectivity index (χ3v) is 4.09. The van der Waals surface area contributed by atoms with Gasteiger partial charge in [0.05, 0.1) is 11.0 Å². The molecule has 2 N–H and O–H groups in total. The average molecular weight is 293 g/mol. The second-order valence-corrected chi connectivity index (χ2v) is 5.51. The fraction of sp³-hybridized carbons (Fsp3) is 0.316. The minimum atomic E-state index is 0.764. The maximum Gasteiger partial charge on any atom is 0.0730 e. The summed E-state index contributed by atoms with van der Waals surface area (Å²) in [7, 11) is 0. The Morgan fingerprint density at radius 3 is 2.23 bits per heavy atom. The van der Waals surface area contributed by atoms with Gasteiger partial charge in [0.25, 0.3) is 0 Å². The van der Waals surface area contributed by atoms with Crippen LogP contribution in [0.3, 0.4) is 0 Å². The molecule has 0 spiro atoms. The van der Waals surface area contributed by atoms with E-state index in [-0.39, 0.29) is 0 Å². The maximum atomic E-state index is 5.85. The number of benzene rings is 2. The molecule has 0 bridgehead atoms. The summed E-state index contributed by atoms with van der Waals surface area (Å²) >= 11 is 0. The summed E-state index contributed by atoms with van der Waals surface area (Å²) < 4.78 is 0. The molecule has 0 radical (unpaired) electrons. The van der Waals surface area contributed by atoms with Gasteiger partial charge in [-0.05, 0) is 43.2 Å². The Balaban J connectivity index is 0.000000693. The van der Waals surface area contributed by atoms with Gasteiger partial charge in [-0.2, -0.15) is 0 Å². The van der Waals surface area contributed by atoms with Crippen LogP contribution in [0.2, 0.25) is 0 Å². The quantitative estimate of drug-likeness (QED) is 0.527. The Morgan fingerprint density at radius 1 is 0.864 bits per heavy atom. The van der Waals surface area contributed by atoms with Crippen molar-refractivity contribution in [2.24, 2.45) is 0 Å². The number of rotatable bonds is 1. The van der Waals surface area contributed by atoms with Crippen molar-refractivity contribution in [2.45, 2.75) is 26.7 Å². The van der Waals surface area contributed by atoms with Crippen molar-refractivity contribution in [3.63, 3.8) is 0 Å². The molecular weight excluding hydrogens is 270 g/mol. The maximum absolute atomic E-state index is 5.85. The molecule has 0 saturated carbocycles. The van der Waals surface area contributed by atoms with Crippen LogP contribution in [0.25, 0.3) is 21.8 Å². The van der Waals surface area contributed by atoms with E-state index in [0.29, 0.717) is 0 Å². The predicted octanol–water partition coefficient (Wildman–Crippen LogP) is 4.60. The van der Waals surface area contributed by atoms with Crippen LogP contribution in [0.15, 0.2) is 42.5 Å². The summed E-state index contributed by atoms with van der Waals surface area (Å²) in [4.78, 5) is 7.20. The first kappa shape index (κ1) is 14.6. The summed E-state index contributed by atoms with van der Waals surface area (Å²) in [6.45, 7) is 6.32. The highest BCUT2D eigenvalue weighted by Gasteiger charge is 2.12. The van der Waals surface area contributed by atoms with Crippen molar-refractivity contribution in [1.29, 1.82) is 0 Å². The van der Waals surface area contributed by atoms with Crippen molar-refractivity contribution < 1.29 is 0 Å². The second-order valence-electron chi connectivity index (χ2n) is 5.51. The topological polar surface area (TPSA) is 42.1 Å². The Bertz CT molecular complexity index is 789. The molecule has 3 aromatic rings. The van der Waals surface area contributed by atoms with Gasteiger partial charge in [-0.1, -0.05) is 26.0 Å². The number of nitrogen functional groups attached to an aromatic ring is 1. The van der Waals surface area contributed by atoms with Crippen LogP contribution in [0.1, 0.15) is 26.7 Å². The first-order chi connectivity index (χ1) is 10.8. The summed E-state index contributed by atoms with van der Waals surface area (Å²) in [6, 6.07) is 14.7. The molecule has 1 aliphatic heterocycles.